The zero-order valence-electron chi connectivity index (χ0n) is 31.2. The molecule has 3 heterocycles. The van der Waals surface area contributed by atoms with Gasteiger partial charge in [-0.25, -0.2) is 0 Å². The summed E-state index contributed by atoms with van der Waals surface area (Å²) in [6, 6.07) is 20.7. The smallest absolute Gasteiger partial charge is 0.313 e. The summed E-state index contributed by atoms with van der Waals surface area (Å²) >= 11 is 10.5. The number of aliphatic hydroxyl groups is 1. The summed E-state index contributed by atoms with van der Waals surface area (Å²) in [6.45, 7) is 10.9. The summed E-state index contributed by atoms with van der Waals surface area (Å²) in [7, 11) is 1.67. The van der Waals surface area contributed by atoms with E-state index in [9.17, 15) is 14.7 Å². The van der Waals surface area contributed by atoms with Crippen LogP contribution in [0, 0.1) is 18.8 Å². The number of carbonyl (C=O) groups excluding carboxylic acids is 4. The number of rotatable bonds is 15. The Labute approximate surface area is 335 Å². The third kappa shape index (κ3) is 7.28. The van der Waals surface area contributed by atoms with E-state index in [1.807, 2.05) is 56.3 Å². The van der Waals surface area contributed by atoms with Gasteiger partial charge in [0, 0.05) is 24.8 Å². The molecule has 0 saturated carbocycles. The molecule has 3 amide bonds. The molecule has 3 aromatic carbocycles. The highest BCUT2D eigenvalue weighted by molar-refractivity contribution is 9.09. The Hall–Kier alpha value is -4.29. The highest BCUT2D eigenvalue weighted by Crippen LogP contribution is 2.62. The van der Waals surface area contributed by atoms with E-state index in [-0.39, 0.29) is 25.3 Å². The lowest BCUT2D eigenvalue weighted by atomic mass is 9.70. The molecule has 3 fully saturated rings. The summed E-state index contributed by atoms with van der Waals surface area (Å²) in [6.07, 6.45) is 2.55. The first-order valence-corrected chi connectivity index (χ1v) is 19.8. The number of likely N-dealkylation sites (N-methyl/N-ethyl adjacent to an activating group) is 1. The summed E-state index contributed by atoms with van der Waals surface area (Å²) in [5, 5.41) is 11.3. The minimum absolute atomic E-state index is 0.0696. The van der Waals surface area contributed by atoms with Crippen molar-refractivity contribution >= 4 is 56.9 Å². The minimum Gasteiger partial charge on any atom is -0.455 e. The van der Waals surface area contributed by atoms with Gasteiger partial charge in [-0.15, -0.1) is 13.2 Å². The fourth-order valence-corrected chi connectivity index (χ4v) is 9.90. The zero-order chi connectivity index (χ0) is 39.6. The number of aryl methyl sites for hydroxylation is 1. The number of fused-ring (bicyclic) bond motifs is 1. The normalized spacial score (nSPS) is 25.5. The van der Waals surface area contributed by atoms with Gasteiger partial charge in [0.25, 0.3) is 5.91 Å². The number of hydrogen-bond acceptors (Lipinski definition) is 7. The van der Waals surface area contributed by atoms with Crippen LogP contribution in [0.3, 0.4) is 0 Å². The van der Waals surface area contributed by atoms with Gasteiger partial charge < -0.3 is 29.3 Å². The number of benzene rings is 3. The van der Waals surface area contributed by atoms with Crippen molar-refractivity contribution in [1.29, 1.82) is 0 Å². The molecule has 3 aliphatic rings. The van der Waals surface area contributed by atoms with Crippen LogP contribution >= 0.6 is 27.5 Å². The van der Waals surface area contributed by atoms with Crippen LogP contribution in [-0.4, -0.2) is 87.4 Å². The molecule has 3 saturated heterocycles. The molecule has 2 bridgehead atoms. The molecule has 3 aliphatic heterocycles. The van der Waals surface area contributed by atoms with Gasteiger partial charge in [-0.3, -0.25) is 19.2 Å². The Morgan fingerprint density at radius 2 is 1.71 bits per heavy atom. The van der Waals surface area contributed by atoms with Crippen LogP contribution in [0.25, 0.3) is 0 Å². The average Bonchev–Trinajstić information content (AvgIpc) is 3.79. The molecular weight excluding hydrogens is 786 g/mol. The minimum atomic E-state index is -1.47. The number of halogens is 2. The van der Waals surface area contributed by atoms with Crippen molar-refractivity contribution in [2.24, 2.45) is 11.8 Å². The third-order valence-corrected chi connectivity index (χ3v) is 12.5. The van der Waals surface area contributed by atoms with Crippen molar-refractivity contribution in [3.8, 4) is 0 Å². The van der Waals surface area contributed by atoms with Crippen LogP contribution < -0.4 is 4.90 Å². The molecule has 0 aromatic heterocycles. The van der Waals surface area contributed by atoms with Crippen molar-refractivity contribution in [3.05, 3.63) is 126 Å². The molecule has 1 spiro atoms. The Balaban J connectivity index is 1.44. The monoisotopic (exact) mass is 831 g/mol. The zero-order valence-corrected chi connectivity index (χ0v) is 33.6. The number of likely N-dealkylation sites (tertiary alicyclic amines) is 1. The number of anilines is 1. The summed E-state index contributed by atoms with van der Waals surface area (Å²) in [5.74, 6) is -4.03. The number of para-hydroxylation sites is 1. The second-order valence-corrected chi connectivity index (χ2v) is 16.1. The Morgan fingerprint density at radius 1 is 1.05 bits per heavy atom. The van der Waals surface area contributed by atoms with Crippen LogP contribution in [0.15, 0.2) is 104 Å². The molecule has 0 aliphatic carbocycles. The first-order valence-electron chi connectivity index (χ1n) is 18.5. The maximum absolute atomic E-state index is 15.3. The van der Waals surface area contributed by atoms with Crippen LogP contribution in [0.2, 0.25) is 5.02 Å². The van der Waals surface area contributed by atoms with Crippen molar-refractivity contribution in [2.45, 2.75) is 73.9 Å². The van der Waals surface area contributed by atoms with E-state index in [1.54, 1.807) is 60.5 Å². The van der Waals surface area contributed by atoms with Gasteiger partial charge in [0.1, 0.15) is 17.7 Å². The molecule has 12 heteroatoms. The van der Waals surface area contributed by atoms with Gasteiger partial charge in [-0.2, -0.15) is 0 Å². The van der Waals surface area contributed by atoms with Gasteiger partial charge in [0.15, 0.2) is 0 Å². The van der Waals surface area contributed by atoms with E-state index in [0.717, 1.165) is 5.56 Å². The molecular formula is C43H47BrClN3O7. The second-order valence-electron chi connectivity index (χ2n) is 14.5. The maximum Gasteiger partial charge on any atom is 0.313 e. The Kier molecular flexibility index (Phi) is 12.4. The molecule has 6 rings (SSSR count). The number of nitrogens with zero attached hydrogens (tertiary/aromatic N) is 3. The van der Waals surface area contributed by atoms with E-state index < -0.39 is 77.0 Å². The molecule has 1 unspecified atom stereocenters. The number of esters is 1. The topological polar surface area (TPSA) is 117 Å². The van der Waals surface area contributed by atoms with E-state index in [1.165, 1.54) is 9.80 Å². The van der Waals surface area contributed by atoms with Gasteiger partial charge >= 0.3 is 5.97 Å². The predicted molar refractivity (Wildman–Crippen MR) is 214 cm³/mol. The van der Waals surface area contributed by atoms with E-state index in [2.05, 4.69) is 29.1 Å². The van der Waals surface area contributed by atoms with E-state index in [4.69, 9.17) is 21.1 Å². The number of aliphatic hydroxyl groups excluding tert-OH is 1. The lowest BCUT2D eigenvalue weighted by Crippen LogP contribution is -2.57. The fraction of sp³-hybridized carbons (Fsp3) is 0.395. The molecule has 9 atom stereocenters. The Morgan fingerprint density at radius 3 is 2.31 bits per heavy atom. The third-order valence-electron chi connectivity index (χ3n) is 11.3. The SMILES string of the molecule is C=CCCC(=O)N(C)[C@H](C)[C@H](OC(=O)[C@H]1[C@@H]2O[C@@]3(CC2Br)[C@@H]1C(=O)N([C@H](CO)c1ccccc1)[C@@H]3C(=O)N(CC=C)c1c(C)cccc1Cl)c1ccccc1. The number of ether oxygens (including phenoxy) is 2. The number of hydrogen-bond donors (Lipinski definition) is 1. The largest absolute Gasteiger partial charge is 0.455 e. The summed E-state index contributed by atoms with van der Waals surface area (Å²) in [4.78, 5) is 62.4. The lowest BCUT2D eigenvalue weighted by Gasteiger charge is -2.40. The van der Waals surface area contributed by atoms with E-state index >= 15 is 9.59 Å². The average molecular weight is 833 g/mol. The van der Waals surface area contributed by atoms with Crippen LogP contribution in [0.4, 0.5) is 5.69 Å². The van der Waals surface area contributed by atoms with Gasteiger partial charge in [0.05, 0.1) is 47.3 Å². The van der Waals surface area contributed by atoms with Crippen LogP contribution in [-0.2, 0) is 28.7 Å². The van der Waals surface area contributed by atoms with Crippen molar-refractivity contribution < 1.29 is 33.8 Å². The molecule has 290 valence electrons. The summed E-state index contributed by atoms with van der Waals surface area (Å²) < 4.78 is 13.2. The fourth-order valence-electron chi connectivity index (χ4n) is 8.64. The Bertz CT molecular complexity index is 1910. The number of amides is 3. The van der Waals surface area contributed by atoms with Gasteiger partial charge in [0.2, 0.25) is 11.8 Å². The van der Waals surface area contributed by atoms with Crippen molar-refractivity contribution in [3.63, 3.8) is 0 Å². The van der Waals surface area contributed by atoms with Crippen LogP contribution in [0.1, 0.15) is 55.0 Å². The predicted octanol–water partition coefficient (Wildman–Crippen LogP) is 6.75. The molecule has 1 N–H and O–H groups in total. The van der Waals surface area contributed by atoms with Gasteiger partial charge in [-0.1, -0.05) is 112 Å². The van der Waals surface area contributed by atoms with Crippen LogP contribution in [0.5, 0.6) is 0 Å². The highest BCUT2D eigenvalue weighted by atomic mass is 79.9. The lowest BCUT2D eigenvalue weighted by molar-refractivity contribution is -0.165. The van der Waals surface area contributed by atoms with E-state index in [0.29, 0.717) is 28.3 Å². The standard InChI is InChI=1S/C43H47BrClN3O7/c1-6-8-22-33(50)46(5)27(4)37(29-19-13-10-14-20-29)54-42(53)34-35-40(51)48(32(25-49)28-17-11-9-12-18-28)39(43(35)24-30(44)38(34)55-43)41(52)47(23-7-2)36-26(3)16-15-21-31(36)45/h6-7,9-21,27,30,32,34-35,37-39,49H,1-2,8,22-25H2,3-5H3/t27-,30?,32-,34-,35+,37+,38-,39-,43+/m1/s1. The first kappa shape index (κ1) is 40.4. The number of carbonyl (C=O) groups is 4. The highest BCUT2D eigenvalue weighted by Gasteiger charge is 2.78. The second kappa shape index (κ2) is 16.8. The van der Waals surface area contributed by atoms with Crippen molar-refractivity contribution in [1.82, 2.24) is 9.80 Å². The number of alkyl halides is 1. The van der Waals surface area contributed by atoms with Gasteiger partial charge in [-0.05, 0) is 49.4 Å². The maximum atomic E-state index is 15.3. The first-order chi connectivity index (χ1) is 26.4. The summed E-state index contributed by atoms with van der Waals surface area (Å²) in [5.41, 5.74) is 1.02. The molecule has 55 heavy (non-hydrogen) atoms. The quantitative estimate of drug-likeness (QED) is 0.102. The number of allylic oxidation sites excluding steroid dienone is 1. The molecule has 0 radical (unpaired) electrons. The van der Waals surface area contributed by atoms with Crippen molar-refractivity contribution in [2.75, 3.05) is 25.1 Å². The molecule has 3 aromatic rings. The molecule has 10 nitrogen and oxygen atoms in total.